The predicted molar refractivity (Wildman–Crippen MR) is 58.1 cm³/mol. The summed E-state index contributed by atoms with van der Waals surface area (Å²) < 4.78 is 13.3. The Labute approximate surface area is 97.7 Å². The Morgan fingerprint density at radius 2 is 2.06 bits per heavy atom. The van der Waals surface area contributed by atoms with E-state index in [1.807, 2.05) is 0 Å². The fourth-order valence-corrected chi connectivity index (χ4v) is 1.48. The zero-order chi connectivity index (χ0) is 13.2. The van der Waals surface area contributed by atoms with Gasteiger partial charge in [-0.05, 0) is 31.8 Å². The molecule has 6 heteroatoms. The fraction of sp³-hybridized carbons (Fsp3) is 0.364. The first-order chi connectivity index (χ1) is 7.82. The van der Waals surface area contributed by atoms with Crippen molar-refractivity contribution in [3.8, 4) is 5.75 Å². The Kier molecular flexibility index (Phi) is 4.03. The molecule has 0 aliphatic heterocycles. The van der Waals surface area contributed by atoms with Crippen molar-refractivity contribution in [2.75, 3.05) is 14.1 Å². The zero-order valence-corrected chi connectivity index (χ0v) is 9.51. The minimum atomic E-state index is -1.94. The first kappa shape index (κ1) is 13.4. The van der Waals surface area contributed by atoms with E-state index in [0.717, 1.165) is 6.07 Å². The minimum absolute atomic E-state index is 0.339. The van der Waals surface area contributed by atoms with Crippen molar-refractivity contribution in [3.63, 3.8) is 0 Å². The van der Waals surface area contributed by atoms with Gasteiger partial charge in [0.2, 0.25) is 0 Å². The van der Waals surface area contributed by atoms with Gasteiger partial charge in [-0.25, -0.2) is 9.18 Å². The van der Waals surface area contributed by atoms with Gasteiger partial charge < -0.3 is 20.2 Å². The highest BCUT2D eigenvalue weighted by Crippen LogP contribution is 2.29. The highest BCUT2D eigenvalue weighted by atomic mass is 19.1. The number of benzene rings is 1. The Hall–Kier alpha value is -1.66. The number of carbonyl (C=O) groups is 1. The van der Waals surface area contributed by atoms with Crippen LogP contribution in [-0.4, -0.2) is 40.3 Å². The molecule has 1 unspecified atom stereocenters. The molecule has 0 amide bonds. The summed E-state index contributed by atoms with van der Waals surface area (Å²) in [6, 6.07) is 2.38. The summed E-state index contributed by atoms with van der Waals surface area (Å²) in [6.07, 6.45) is -1.94. The average Bonchev–Trinajstić information content (AvgIpc) is 2.21. The van der Waals surface area contributed by atoms with Crippen molar-refractivity contribution in [3.05, 3.63) is 29.1 Å². The number of hydrogen-bond donors (Lipinski definition) is 3. The van der Waals surface area contributed by atoms with Gasteiger partial charge in [-0.3, -0.25) is 0 Å². The van der Waals surface area contributed by atoms with Gasteiger partial charge in [0.1, 0.15) is 0 Å². The van der Waals surface area contributed by atoms with Gasteiger partial charge in [-0.1, -0.05) is 0 Å². The van der Waals surface area contributed by atoms with E-state index in [2.05, 4.69) is 0 Å². The molecule has 1 aromatic rings. The van der Waals surface area contributed by atoms with Crippen molar-refractivity contribution in [1.29, 1.82) is 0 Å². The van der Waals surface area contributed by atoms with Crippen LogP contribution in [0.4, 0.5) is 4.39 Å². The molecule has 0 spiro atoms. The highest BCUT2D eigenvalue weighted by Gasteiger charge is 2.22. The number of hydrogen-bond acceptors (Lipinski definition) is 4. The topological polar surface area (TPSA) is 81.0 Å². The Balaban J connectivity index is 3.19. The third kappa shape index (κ3) is 3.15. The molecule has 0 heterocycles. The van der Waals surface area contributed by atoms with Gasteiger partial charge in [0.05, 0.1) is 0 Å². The van der Waals surface area contributed by atoms with Crippen LogP contribution in [0, 0.1) is 5.82 Å². The van der Waals surface area contributed by atoms with Crippen molar-refractivity contribution >= 4 is 5.97 Å². The van der Waals surface area contributed by atoms with Gasteiger partial charge in [-0.15, -0.1) is 0 Å². The second-order valence-corrected chi connectivity index (χ2v) is 3.99. The van der Waals surface area contributed by atoms with Crippen LogP contribution in [0.5, 0.6) is 5.75 Å². The third-order valence-electron chi connectivity index (χ3n) is 2.18. The summed E-state index contributed by atoms with van der Waals surface area (Å²) in [7, 11) is 3.52. The van der Waals surface area contributed by atoms with Gasteiger partial charge >= 0.3 is 5.97 Å². The van der Waals surface area contributed by atoms with Crippen molar-refractivity contribution < 1.29 is 24.5 Å². The molecular weight excluding hydrogens is 229 g/mol. The molecule has 0 saturated heterocycles. The van der Waals surface area contributed by atoms with E-state index in [1.165, 1.54) is 6.07 Å². The summed E-state index contributed by atoms with van der Waals surface area (Å²) in [5, 5.41) is 27.3. The number of aromatic hydroxyl groups is 1. The van der Waals surface area contributed by atoms with Crippen molar-refractivity contribution in [1.82, 2.24) is 4.90 Å². The molecule has 0 aromatic heterocycles. The van der Waals surface area contributed by atoms with E-state index in [9.17, 15) is 19.4 Å². The SMILES string of the molecule is CN(C)Cc1cc(F)c(O)c(C(O)C(=O)O)c1. The lowest BCUT2D eigenvalue weighted by Gasteiger charge is -2.14. The van der Waals surface area contributed by atoms with Crippen LogP contribution < -0.4 is 0 Å². The summed E-state index contributed by atoms with van der Waals surface area (Å²) in [6.45, 7) is 0.372. The number of aliphatic hydroxyl groups excluding tert-OH is 1. The summed E-state index contributed by atoms with van der Waals surface area (Å²) in [4.78, 5) is 12.4. The second kappa shape index (κ2) is 5.11. The first-order valence-corrected chi connectivity index (χ1v) is 4.89. The van der Waals surface area contributed by atoms with E-state index in [1.54, 1.807) is 19.0 Å². The molecule has 1 atom stereocenters. The molecule has 1 aromatic carbocycles. The third-order valence-corrected chi connectivity index (χ3v) is 2.18. The van der Waals surface area contributed by atoms with Crippen LogP contribution in [0.15, 0.2) is 12.1 Å². The second-order valence-electron chi connectivity index (χ2n) is 3.99. The Morgan fingerprint density at radius 1 is 1.47 bits per heavy atom. The molecule has 17 heavy (non-hydrogen) atoms. The van der Waals surface area contributed by atoms with E-state index < -0.39 is 23.6 Å². The van der Waals surface area contributed by atoms with Crippen LogP contribution >= 0.6 is 0 Å². The van der Waals surface area contributed by atoms with Gasteiger partial charge in [0, 0.05) is 12.1 Å². The lowest BCUT2D eigenvalue weighted by atomic mass is 10.0. The lowest BCUT2D eigenvalue weighted by molar-refractivity contribution is -0.147. The standard InChI is InChI=1S/C11H14FNO4/c1-13(2)5-6-3-7(10(15)11(16)17)9(14)8(12)4-6/h3-4,10,14-15H,5H2,1-2H3,(H,16,17). The molecule has 3 N–H and O–H groups in total. The maximum absolute atomic E-state index is 13.3. The largest absolute Gasteiger partial charge is 0.505 e. The zero-order valence-electron chi connectivity index (χ0n) is 9.51. The molecule has 0 aliphatic rings. The predicted octanol–water partition coefficient (Wildman–Crippen LogP) is 0.711. The molecule has 0 aliphatic carbocycles. The average molecular weight is 243 g/mol. The van der Waals surface area contributed by atoms with Crippen molar-refractivity contribution in [2.24, 2.45) is 0 Å². The molecular formula is C11H14FNO4. The Morgan fingerprint density at radius 3 is 2.53 bits per heavy atom. The van der Waals surface area contributed by atoms with Crippen LogP contribution in [0.25, 0.3) is 0 Å². The number of aliphatic hydroxyl groups is 1. The molecule has 0 bridgehead atoms. The minimum Gasteiger partial charge on any atom is -0.505 e. The highest BCUT2D eigenvalue weighted by molar-refractivity contribution is 5.75. The molecule has 0 saturated carbocycles. The van der Waals surface area contributed by atoms with Crippen LogP contribution in [0.1, 0.15) is 17.2 Å². The molecule has 5 nitrogen and oxygen atoms in total. The number of rotatable bonds is 4. The van der Waals surface area contributed by atoms with Gasteiger partial charge in [0.15, 0.2) is 17.7 Å². The molecule has 1 rings (SSSR count). The van der Waals surface area contributed by atoms with Crippen LogP contribution in [0.2, 0.25) is 0 Å². The fourth-order valence-electron chi connectivity index (χ4n) is 1.48. The lowest BCUT2D eigenvalue weighted by Crippen LogP contribution is -2.14. The van der Waals surface area contributed by atoms with E-state index in [0.29, 0.717) is 12.1 Å². The monoisotopic (exact) mass is 243 g/mol. The Bertz CT molecular complexity index is 434. The molecule has 0 fully saturated rings. The quantitative estimate of drug-likeness (QED) is 0.725. The normalized spacial score (nSPS) is 12.8. The van der Waals surface area contributed by atoms with E-state index in [-0.39, 0.29) is 5.56 Å². The molecule has 0 radical (unpaired) electrons. The van der Waals surface area contributed by atoms with E-state index >= 15 is 0 Å². The number of halogens is 1. The van der Waals surface area contributed by atoms with Gasteiger partial charge in [0.25, 0.3) is 0 Å². The van der Waals surface area contributed by atoms with Crippen molar-refractivity contribution in [2.45, 2.75) is 12.6 Å². The maximum Gasteiger partial charge on any atom is 0.337 e. The summed E-state index contributed by atoms with van der Waals surface area (Å²) in [5.41, 5.74) is 0.134. The number of phenolic OH excluding ortho intramolecular Hbond substituents is 1. The number of aliphatic carboxylic acids is 1. The maximum atomic E-state index is 13.3. The number of carboxylic acids is 1. The first-order valence-electron chi connectivity index (χ1n) is 4.89. The molecule has 94 valence electrons. The van der Waals surface area contributed by atoms with Crippen LogP contribution in [-0.2, 0) is 11.3 Å². The summed E-state index contributed by atoms with van der Waals surface area (Å²) in [5.74, 6) is -3.32. The number of nitrogens with zero attached hydrogens (tertiary/aromatic N) is 1. The smallest absolute Gasteiger partial charge is 0.337 e. The van der Waals surface area contributed by atoms with Gasteiger partial charge in [-0.2, -0.15) is 0 Å². The number of phenols is 1. The van der Waals surface area contributed by atoms with E-state index in [4.69, 9.17) is 5.11 Å². The number of carboxylic acid groups (broad SMARTS) is 1. The summed E-state index contributed by atoms with van der Waals surface area (Å²) >= 11 is 0. The van der Waals surface area contributed by atoms with Crippen LogP contribution in [0.3, 0.4) is 0 Å².